The average Bonchev–Trinajstić information content (AvgIpc) is 2.45. The largest absolute Gasteiger partial charge is 0.396 e. The fourth-order valence-electron chi connectivity index (χ4n) is 2.17. The van der Waals surface area contributed by atoms with Gasteiger partial charge in [-0.05, 0) is 18.6 Å². The van der Waals surface area contributed by atoms with Crippen LogP contribution in [0.2, 0.25) is 0 Å². The second-order valence-corrected chi connectivity index (χ2v) is 5.99. The summed E-state index contributed by atoms with van der Waals surface area (Å²) < 4.78 is 12.0. The molecule has 0 saturated carbocycles. The minimum Gasteiger partial charge on any atom is -0.396 e. The van der Waals surface area contributed by atoms with Crippen LogP contribution in [-0.4, -0.2) is 39.9 Å². The van der Waals surface area contributed by atoms with Crippen LogP contribution in [0, 0.1) is 0 Å². The fraction of sp³-hybridized carbons (Fsp3) is 0.429. The standard InChI is InChI=1S/C14H17NO4S/c1-2-12(17)10-4-5-13-11(8-10)15(6-3-7-16)14(18)9-20(13)19/h4-5,8,16H,2-3,6-7,9H2,1H3. The second-order valence-electron chi connectivity index (χ2n) is 4.57. The Morgan fingerprint density at radius 2 is 2.20 bits per heavy atom. The third-order valence-corrected chi connectivity index (χ3v) is 4.58. The molecule has 5 nitrogen and oxygen atoms in total. The van der Waals surface area contributed by atoms with Crippen LogP contribution in [0.5, 0.6) is 0 Å². The molecule has 0 aliphatic carbocycles. The molecule has 0 saturated heterocycles. The summed E-state index contributed by atoms with van der Waals surface area (Å²) in [5.41, 5.74) is 1.05. The van der Waals surface area contributed by atoms with E-state index < -0.39 is 10.8 Å². The van der Waals surface area contributed by atoms with E-state index in [-0.39, 0.29) is 24.1 Å². The van der Waals surface area contributed by atoms with Crippen molar-refractivity contribution in [3.63, 3.8) is 0 Å². The lowest BCUT2D eigenvalue weighted by molar-refractivity contribution is -0.116. The maximum absolute atomic E-state index is 12.0. The van der Waals surface area contributed by atoms with Crippen molar-refractivity contribution in [2.45, 2.75) is 24.7 Å². The molecule has 6 heteroatoms. The van der Waals surface area contributed by atoms with E-state index in [0.29, 0.717) is 35.5 Å². The Hall–Kier alpha value is -1.53. The van der Waals surface area contributed by atoms with Crippen molar-refractivity contribution < 1.29 is 18.9 Å². The number of hydrogen-bond donors (Lipinski definition) is 1. The van der Waals surface area contributed by atoms with Gasteiger partial charge in [-0.3, -0.25) is 13.8 Å². The predicted molar refractivity (Wildman–Crippen MR) is 76.4 cm³/mol. The van der Waals surface area contributed by atoms with Crippen LogP contribution in [0.3, 0.4) is 0 Å². The molecule has 1 N–H and O–H groups in total. The number of aliphatic hydroxyl groups excluding tert-OH is 1. The third-order valence-electron chi connectivity index (χ3n) is 3.23. The molecule has 0 spiro atoms. The van der Waals surface area contributed by atoms with Crippen molar-refractivity contribution in [1.82, 2.24) is 0 Å². The molecule has 1 aliphatic heterocycles. The maximum atomic E-state index is 12.0. The first-order chi connectivity index (χ1) is 9.58. The fourth-order valence-corrected chi connectivity index (χ4v) is 3.33. The highest BCUT2D eigenvalue weighted by molar-refractivity contribution is 7.86. The Balaban J connectivity index is 2.44. The van der Waals surface area contributed by atoms with Gasteiger partial charge in [0, 0.05) is 25.1 Å². The number of carbonyl (C=O) groups is 2. The first kappa shape index (κ1) is 14.9. The van der Waals surface area contributed by atoms with Crippen LogP contribution < -0.4 is 4.90 Å². The number of fused-ring (bicyclic) bond motifs is 1. The van der Waals surface area contributed by atoms with Gasteiger partial charge in [0.05, 0.1) is 21.4 Å². The van der Waals surface area contributed by atoms with Crippen molar-refractivity contribution in [3.05, 3.63) is 23.8 Å². The molecule has 108 valence electrons. The van der Waals surface area contributed by atoms with Crippen molar-refractivity contribution in [2.75, 3.05) is 23.8 Å². The minimum atomic E-state index is -1.36. The minimum absolute atomic E-state index is 0.0151. The highest BCUT2D eigenvalue weighted by Crippen LogP contribution is 2.30. The van der Waals surface area contributed by atoms with Gasteiger partial charge >= 0.3 is 0 Å². The number of anilines is 1. The lowest BCUT2D eigenvalue weighted by Gasteiger charge is -2.29. The number of rotatable bonds is 5. The van der Waals surface area contributed by atoms with Gasteiger partial charge in [-0.25, -0.2) is 0 Å². The van der Waals surface area contributed by atoms with Gasteiger partial charge in [-0.15, -0.1) is 0 Å². The second kappa shape index (κ2) is 6.28. The van der Waals surface area contributed by atoms with E-state index in [1.807, 2.05) is 0 Å². The van der Waals surface area contributed by atoms with E-state index in [1.165, 1.54) is 4.90 Å². The van der Waals surface area contributed by atoms with Crippen molar-refractivity contribution in [1.29, 1.82) is 0 Å². The summed E-state index contributed by atoms with van der Waals surface area (Å²) >= 11 is 0. The van der Waals surface area contributed by atoms with E-state index in [2.05, 4.69) is 0 Å². The van der Waals surface area contributed by atoms with Crippen molar-refractivity contribution in [3.8, 4) is 0 Å². The lowest BCUT2D eigenvalue weighted by atomic mass is 10.1. The Morgan fingerprint density at radius 3 is 2.85 bits per heavy atom. The number of benzene rings is 1. The van der Waals surface area contributed by atoms with E-state index in [0.717, 1.165) is 0 Å². The molecule has 1 heterocycles. The van der Waals surface area contributed by atoms with Crippen LogP contribution in [0.15, 0.2) is 23.1 Å². The van der Waals surface area contributed by atoms with Crippen LogP contribution in [0.1, 0.15) is 30.1 Å². The predicted octanol–water partition coefficient (Wildman–Crippen LogP) is 1.12. The molecular formula is C14H17NO4S. The van der Waals surface area contributed by atoms with Gasteiger partial charge in [-0.1, -0.05) is 13.0 Å². The van der Waals surface area contributed by atoms with Crippen molar-refractivity contribution in [2.24, 2.45) is 0 Å². The monoisotopic (exact) mass is 295 g/mol. The molecule has 1 unspecified atom stereocenters. The van der Waals surface area contributed by atoms with E-state index >= 15 is 0 Å². The van der Waals surface area contributed by atoms with E-state index in [9.17, 15) is 13.8 Å². The first-order valence-electron chi connectivity index (χ1n) is 6.55. The summed E-state index contributed by atoms with van der Waals surface area (Å²) in [6.07, 6.45) is 0.830. The third kappa shape index (κ3) is 2.81. The molecule has 1 aliphatic rings. The summed E-state index contributed by atoms with van der Waals surface area (Å²) in [6.45, 7) is 2.12. The number of nitrogens with zero attached hydrogens (tertiary/aromatic N) is 1. The molecular weight excluding hydrogens is 278 g/mol. The Morgan fingerprint density at radius 1 is 1.45 bits per heavy atom. The SMILES string of the molecule is CCC(=O)c1ccc2c(c1)N(CCCO)C(=O)CS2=O. The maximum Gasteiger partial charge on any atom is 0.240 e. The summed E-state index contributed by atoms with van der Waals surface area (Å²) in [5.74, 6) is -0.288. The number of aliphatic hydroxyl groups is 1. The van der Waals surface area contributed by atoms with E-state index in [4.69, 9.17) is 5.11 Å². The Kier molecular flexibility index (Phi) is 4.67. The van der Waals surface area contributed by atoms with Gasteiger partial charge in [-0.2, -0.15) is 0 Å². The summed E-state index contributed by atoms with van der Waals surface area (Å²) in [4.78, 5) is 25.8. The highest BCUT2D eigenvalue weighted by atomic mass is 32.2. The first-order valence-corrected chi connectivity index (χ1v) is 7.87. The van der Waals surface area contributed by atoms with Gasteiger partial charge in [0.25, 0.3) is 0 Å². The number of hydrogen-bond acceptors (Lipinski definition) is 4. The van der Waals surface area contributed by atoms with Gasteiger partial charge < -0.3 is 10.0 Å². The molecule has 0 radical (unpaired) electrons. The zero-order valence-corrected chi connectivity index (χ0v) is 12.1. The normalized spacial score (nSPS) is 18.0. The van der Waals surface area contributed by atoms with Gasteiger partial charge in [0.1, 0.15) is 5.75 Å². The Labute approximate surface area is 120 Å². The zero-order valence-electron chi connectivity index (χ0n) is 11.3. The number of carbonyl (C=O) groups excluding carboxylic acids is 2. The van der Waals surface area contributed by atoms with Crippen LogP contribution in [0.4, 0.5) is 5.69 Å². The molecule has 1 aromatic rings. The molecule has 0 fully saturated rings. The van der Waals surface area contributed by atoms with Crippen LogP contribution in [-0.2, 0) is 15.6 Å². The summed E-state index contributed by atoms with van der Waals surface area (Å²) in [6, 6.07) is 4.95. The quantitative estimate of drug-likeness (QED) is 0.826. The van der Waals surface area contributed by atoms with Crippen molar-refractivity contribution >= 4 is 28.2 Å². The highest BCUT2D eigenvalue weighted by Gasteiger charge is 2.29. The number of amides is 1. The topological polar surface area (TPSA) is 74.7 Å². The lowest BCUT2D eigenvalue weighted by Crippen LogP contribution is -2.40. The van der Waals surface area contributed by atoms with Crippen LogP contribution >= 0.6 is 0 Å². The molecule has 0 bridgehead atoms. The summed E-state index contributed by atoms with van der Waals surface area (Å²) in [5, 5.41) is 8.91. The van der Waals surface area contributed by atoms with Gasteiger partial charge in [0.2, 0.25) is 5.91 Å². The summed E-state index contributed by atoms with van der Waals surface area (Å²) in [7, 11) is -1.36. The molecule has 1 aromatic carbocycles. The molecule has 1 amide bonds. The number of ketones is 1. The smallest absolute Gasteiger partial charge is 0.240 e. The van der Waals surface area contributed by atoms with Gasteiger partial charge in [0.15, 0.2) is 5.78 Å². The molecule has 2 rings (SSSR count). The zero-order chi connectivity index (χ0) is 14.7. The molecule has 20 heavy (non-hydrogen) atoms. The van der Waals surface area contributed by atoms with Crippen LogP contribution in [0.25, 0.3) is 0 Å². The average molecular weight is 295 g/mol. The molecule has 0 aromatic heterocycles. The van der Waals surface area contributed by atoms with E-state index in [1.54, 1.807) is 25.1 Å². The molecule has 1 atom stereocenters. The number of Topliss-reactive ketones (excluding diaryl/α,β-unsaturated/α-hetero) is 1. The Bertz CT molecular complexity index is 570.